The Labute approximate surface area is 170 Å². The van der Waals surface area contributed by atoms with Gasteiger partial charge in [0, 0.05) is 5.56 Å². The van der Waals surface area contributed by atoms with Crippen LogP contribution in [-0.4, -0.2) is 19.2 Å². The van der Waals surface area contributed by atoms with Gasteiger partial charge < -0.3 is 9.47 Å². The van der Waals surface area contributed by atoms with Crippen molar-refractivity contribution in [3.63, 3.8) is 0 Å². The lowest BCUT2D eigenvalue weighted by Crippen LogP contribution is -2.22. The molecule has 3 heteroatoms. The number of benzene rings is 1. The maximum atomic E-state index is 12.2. The largest absolute Gasteiger partial charge is 0.493 e. The first-order valence-electron chi connectivity index (χ1n) is 10.2. The molecule has 2 rings (SSSR count). The summed E-state index contributed by atoms with van der Waals surface area (Å²) in [5.74, 6) is 0.389. The smallest absolute Gasteiger partial charge is 0.338 e. The summed E-state index contributed by atoms with van der Waals surface area (Å²) in [4.78, 5) is 12.2. The molecule has 1 aliphatic rings. The van der Waals surface area contributed by atoms with E-state index in [0.717, 1.165) is 24.0 Å². The predicted molar refractivity (Wildman–Crippen MR) is 117 cm³/mol. The number of carbonyl (C=O) groups is 1. The molecule has 0 saturated carbocycles. The van der Waals surface area contributed by atoms with Crippen molar-refractivity contribution in [1.82, 2.24) is 0 Å². The Morgan fingerprint density at radius 1 is 1.25 bits per heavy atom. The van der Waals surface area contributed by atoms with Crippen LogP contribution in [0.25, 0.3) is 5.57 Å². The number of hydrogen-bond donors (Lipinski definition) is 0. The Balaban J connectivity index is 2.72. The third-order valence-corrected chi connectivity index (χ3v) is 5.47. The molecule has 1 aromatic carbocycles. The first-order valence-corrected chi connectivity index (χ1v) is 10.2. The molecule has 0 fully saturated rings. The summed E-state index contributed by atoms with van der Waals surface area (Å²) in [6, 6.07) is 5.63. The summed E-state index contributed by atoms with van der Waals surface area (Å²) in [6.07, 6.45) is 5.38. The molecule has 0 radical (unpaired) electrons. The Kier molecular flexibility index (Phi) is 7.29. The zero-order valence-electron chi connectivity index (χ0n) is 18.3. The summed E-state index contributed by atoms with van der Waals surface area (Å²) in [5, 5.41) is 0. The van der Waals surface area contributed by atoms with Gasteiger partial charge in [-0.1, -0.05) is 32.1 Å². The maximum Gasteiger partial charge on any atom is 0.338 e. The van der Waals surface area contributed by atoms with E-state index in [1.54, 1.807) is 6.07 Å². The van der Waals surface area contributed by atoms with E-state index < -0.39 is 0 Å². The minimum Gasteiger partial charge on any atom is -0.493 e. The molecule has 0 atom stereocenters. The second-order valence-corrected chi connectivity index (χ2v) is 8.02. The highest BCUT2D eigenvalue weighted by atomic mass is 16.5. The van der Waals surface area contributed by atoms with E-state index in [0.29, 0.717) is 24.5 Å². The molecular formula is C25H34O3. The molecule has 152 valence electrons. The van der Waals surface area contributed by atoms with Crippen molar-refractivity contribution in [2.75, 3.05) is 13.2 Å². The third-order valence-electron chi connectivity index (χ3n) is 5.47. The molecule has 0 saturated heterocycles. The van der Waals surface area contributed by atoms with Gasteiger partial charge in [0.05, 0.1) is 18.8 Å². The van der Waals surface area contributed by atoms with Crippen LogP contribution >= 0.6 is 0 Å². The summed E-state index contributed by atoms with van der Waals surface area (Å²) in [5.41, 5.74) is 6.69. The van der Waals surface area contributed by atoms with Crippen molar-refractivity contribution >= 4 is 11.5 Å². The standard InChI is InChI=1S/C25H34O3/c1-8-17(4)22(23-18(5)12-11-15-25(23,6)7)20-14-13-19(24(26)28-10-3)16-21(20)27-9-2/h8,13-14,16H,1,9-12,15H2,2-7H3. The van der Waals surface area contributed by atoms with Crippen LogP contribution in [-0.2, 0) is 4.74 Å². The minimum atomic E-state index is -0.325. The van der Waals surface area contributed by atoms with Gasteiger partial charge in [0.25, 0.3) is 0 Å². The Morgan fingerprint density at radius 3 is 2.54 bits per heavy atom. The second kappa shape index (κ2) is 9.27. The van der Waals surface area contributed by atoms with Crippen LogP contribution in [0.5, 0.6) is 5.75 Å². The lowest BCUT2D eigenvalue weighted by atomic mass is 9.68. The molecular weight excluding hydrogens is 348 g/mol. The SMILES string of the molecule is C=CC(C)=C(C1=C(C)CCCC1(C)C)c1ccc(C(=O)OCC)cc1OCC. The molecule has 0 unspecified atom stereocenters. The minimum absolute atomic E-state index is 0.0746. The highest BCUT2D eigenvalue weighted by Crippen LogP contribution is 2.49. The van der Waals surface area contributed by atoms with E-state index >= 15 is 0 Å². The number of ether oxygens (including phenoxy) is 2. The topological polar surface area (TPSA) is 35.5 Å². The zero-order valence-corrected chi connectivity index (χ0v) is 18.3. The second-order valence-electron chi connectivity index (χ2n) is 8.02. The van der Waals surface area contributed by atoms with E-state index in [2.05, 4.69) is 34.3 Å². The number of rotatable bonds is 7. The van der Waals surface area contributed by atoms with Gasteiger partial charge in [0.2, 0.25) is 0 Å². The summed E-state index contributed by atoms with van der Waals surface area (Å²) in [7, 11) is 0. The lowest BCUT2D eigenvalue weighted by molar-refractivity contribution is 0.0526. The van der Waals surface area contributed by atoms with Crippen molar-refractivity contribution in [2.24, 2.45) is 5.41 Å². The average molecular weight is 383 g/mol. The Hall–Kier alpha value is -2.29. The molecule has 3 nitrogen and oxygen atoms in total. The Morgan fingerprint density at radius 2 is 1.96 bits per heavy atom. The van der Waals surface area contributed by atoms with Crippen molar-refractivity contribution in [1.29, 1.82) is 0 Å². The van der Waals surface area contributed by atoms with Crippen LogP contribution < -0.4 is 4.74 Å². The predicted octanol–water partition coefficient (Wildman–Crippen LogP) is 6.75. The molecule has 0 spiro atoms. The van der Waals surface area contributed by atoms with Crippen LogP contribution in [0.4, 0.5) is 0 Å². The zero-order chi connectivity index (χ0) is 20.9. The first-order chi connectivity index (χ1) is 13.3. The van der Waals surface area contributed by atoms with Gasteiger partial charge >= 0.3 is 5.97 Å². The number of hydrogen-bond acceptors (Lipinski definition) is 3. The molecule has 1 aromatic rings. The van der Waals surface area contributed by atoms with Crippen LogP contribution in [0, 0.1) is 5.41 Å². The van der Waals surface area contributed by atoms with Gasteiger partial charge in [-0.25, -0.2) is 4.79 Å². The number of allylic oxidation sites excluding steroid dienone is 5. The van der Waals surface area contributed by atoms with E-state index in [1.807, 2.05) is 32.1 Å². The fourth-order valence-electron chi connectivity index (χ4n) is 4.17. The van der Waals surface area contributed by atoms with Gasteiger partial charge in [-0.3, -0.25) is 0 Å². The average Bonchev–Trinajstić information content (AvgIpc) is 2.64. The van der Waals surface area contributed by atoms with Gasteiger partial charge in [0.1, 0.15) is 5.75 Å². The van der Waals surface area contributed by atoms with Crippen molar-refractivity contribution in [3.8, 4) is 5.75 Å². The van der Waals surface area contributed by atoms with Gasteiger partial charge in [-0.2, -0.15) is 0 Å². The first kappa shape index (κ1) is 22.0. The van der Waals surface area contributed by atoms with Crippen molar-refractivity contribution in [2.45, 2.75) is 60.8 Å². The quantitative estimate of drug-likeness (QED) is 0.386. The highest BCUT2D eigenvalue weighted by molar-refractivity contribution is 5.93. The molecule has 0 aromatic heterocycles. The van der Waals surface area contributed by atoms with Crippen LogP contribution in [0.2, 0.25) is 0 Å². The van der Waals surface area contributed by atoms with Crippen LogP contribution in [0.15, 0.2) is 47.6 Å². The summed E-state index contributed by atoms with van der Waals surface area (Å²) >= 11 is 0. The van der Waals surface area contributed by atoms with E-state index in [-0.39, 0.29) is 11.4 Å². The Bertz CT molecular complexity index is 809. The molecule has 1 aliphatic carbocycles. The van der Waals surface area contributed by atoms with E-state index in [9.17, 15) is 4.79 Å². The summed E-state index contributed by atoms with van der Waals surface area (Å²) in [6.45, 7) is 17.6. The fraction of sp³-hybridized carbons (Fsp3) is 0.480. The normalized spacial score (nSPS) is 17.1. The molecule has 0 N–H and O–H groups in total. The number of esters is 1. The third kappa shape index (κ3) is 4.57. The van der Waals surface area contributed by atoms with Crippen molar-refractivity contribution < 1.29 is 14.3 Å². The monoisotopic (exact) mass is 382 g/mol. The number of carbonyl (C=O) groups excluding carboxylic acids is 1. The van der Waals surface area contributed by atoms with E-state index in [1.165, 1.54) is 23.1 Å². The molecule has 0 aliphatic heterocycles. The molecule has 0 amide bonds. The van der Waals surface area contributed by atoms with Gasteiger partial charge in [-0.05, 0) is 87.3 Å². The fourth-order valence-corrected chi connectivity index (χ4v) is 4.17. The highest BCUT2D eigenvalue weighted by Gasteiger charge is 2.33. The van der Waals surface area contributed by atoms with E-state index in [4.69, 9.17) is 9.47 Å². The molecule has 0 heterocycles. The lowest BCUT2D eigenvalue weighted by Gasteiger charge is -2.37. The summed E-state index contributed by atoms with van der Waals surface area (Å²) < 4.78 is 11.1. The van der Waals surface area contributed by atoms with Crippen LogP contribution in [0.1, 0.15) is 76.7 Å². The van der Waals surface area contributed by atoms with Gasteiger partial charge in [-0.15, -0.1) is 0 Å². The van der Waals surface area contributed by atoms with Gasteiger partial charge in [0.15, 0.2) is 0 Å². The molecule has 0 bridgehead atoms. The van der Waals surface area contributed by atoms with Crippen LogP contribution in [0.3, 0.4) is 0 Å². The van der Waals surface area contributed by atoms with Crippen molar-refractivity contribution in [3.05, 3.63) is 58.7 Å². The molecule has 28 heavy (non-hydrogen) atoms. The maximum absolute atomic E-state index is 12.2.